The molecule has 0 amide bonds. The van der Waals surface area contributed by atoms with Gasteiger partial charge < -0.3 is 9.47 Å². The van der Waals surface area contributed by atoms with Gasteiger partial charge >= 0.3 is 0 Å². The fourth-order valence-corrected chi connectivity index (χ4v) is 2.94. The maximum atomic E-state index is 14.4. The summed E-state index contributed by atoms with van der Waals surface area (Å²) >= 11 is 18.3. The molecule has 1 atom stereocenters. The predicted molar refractivity (Wildman–Crippen MR) is 88.1 cm³/mol. The summed E-state index contributed by atoms with van der Waals surface area (Å²) in [6.07, 6.45) is 0. The number of methoxy groups -OCH3 is 2. The number of alkyl halides is 3. The fourth-order valence-electron chi connectivity index (χ4n) is 2.21. The Balaban J connectivity index is 2.51. The van der Waals surface area contributed by atoms with Crippen molar-refractivity contribution < 1.29 is 13.9 Å². The highest BCUT2D eigenvalue weighted by Crippen LogP contribution is 2.46. The minimum absolute atomic E-state index is 0.283. The average Bonchev–Trinajstić information content (AvgIpc) is 2.48. The van der Waals surface area contributed by atoms with Gasteiger partial charge in [0.2, 0.25) is 3.79 Å². The maximum Gasteiger partial charge on any atom is 0.201 e. The standard InChI is InChI=1S/C16H14Cl3FO2/c1-21-11-5-3-10(4-6-11)15(16(17,18)19)13-8-7-12(22-2)9-14(13)20/h3-9,15H,1-2H3/t15-/m0/s1. The maximum absolute atomic E-state index is 14.4. The van der Waals surface area contributed by atoms with E-state index in [-0.39, 0.29) is 5.56 Å². The summed E-state index contributed by atoms with van der Waals surface area (Å²) in [5, 5.41) is 0. The molecular weight excluding hydrogens is 350 g/mol. The molecule has 0 saturated carbocycles. The molecule has 0 aliphatic carbocycles. The van der Waals surface area contributed by atoms with Gasteiger partial charge in [0, 0.05) is 6.07 Å². The highest BCUT2D eigenvalue weighted by Gasteiger charge is 2.37. The van der Waals surface area contributed by atoms with E-state index in [1.54, 1.807) is 43.5 Å². The van der Waals surface area contributed by atoms with Gasteiger partial charge in [0.15, 0.2) is 0 Å². The van der Waals surface area contributed by atoms with Crippen molar-refractivity contribution in [3.8, 4) is 11.5 Å². The van der Waals surface area contributed by atoms with Gasteiger partial charge in [-0.1, -0.05) is 53.0 Å². The first-order valence-corrected chi connectivity index (χ1v) is 7.54. The molecule has 6 heteroatoms. The number of halogens is 4. The van der Waals surface area contributed by atoms with E-state index in [4.69, 9.17) is 44.3 Å². The molecule has 0 aliphatic heterocycles. The van der Waals surface area contributed by atoms with Crippen molar-refractivity contribution in [1.29, 1.82) is 0 Å². The van der Waals surface area contributed by atoms with E-state index in [0.717, 1.165) is 0 Å². The van der Waals surface area contributed by atoms with Gasteiger partial charge in [-0.05, 0) is 29.3 Å². The monoisotopic (exact) mass is 362 g/mol. The van der Waals surface area contributed by atoms with E-state index in [0.29, 0.717) is 17.1 Å². The molecule has 0 saturated heterocycles. The van der Waals surface area contributed by atoms with Crippen molar-refractivity contribution in [3.05, 3.63) is 59.4 Å². The van der Waals surface area contributed by atoms with Crippen molar-refractivity contribution in [2.24, 2.45) is 0 Å². The van der Waals surface area contributed by atoms with Crippen LogP contribution in [0.2, 0.25) is 0 Å². The molecule has 0 fully saturated rings. The van der Waals surface area contributed by atoms with Gasteiger partial charge in [0.25, 0.3) is 0 Å². The van der Waals surface area contributed by atoms with Crippen LogP contribution in [0.5, 0.6) is 11.5 Å². The molecule has 0 heterocycles. The molecular formula is C16H14Cl3FO2. The Morgan fingerprint density at radius 1 is 0.909 bits per heavy atom. The number of ether oxygens (including phenoxy) is 2. The summed E-state index contributed by atoms with van der Waals surface area (Å²) in [5.74, 6) is -0.179. The summed E-state index contributed by atoms with van der Waals surface area (Å²) in [4.78, 5) is 0. The molecule has 0 unspecified atom stereocenters. The van der Waals surface area contributed by atoms with E-state index in [1.165, 1.54) is 13.2 Å². The van der Waals surface area contributed by atoms with Crippen LogP contribution < -0.4 is 9.47 Å². The minimum Gasteiger partial charge on any atom is -0.497 e. The second kappa shape index (κ2) is 6.95. The predicted octanol–water partition coefficient (Wildman–Crippen LogP) is 5.35. The number of benzene rings is 2. The molecule has 2 aromatic rings. The SMILES string of the molecule is COc1ccc([C@@H](c2ccc(OC)cc2F)C(Cl)(Cl)Cl)cc1. The lowest BCUT2D eigenvalue weighted by Gasteiger charge is -2.26. The largest absolute Gasteiger partial charge is 0.497 e. The smallest absolute Gasteiger partial charge is 0.201 e. The molecule has 0 aromatic heterocycles. The Kier molecular flexibility index (Phi) is 5.43. The van der Waals surface area contributed by atoms with Crippen molar-refractivity contribution in [2.75, 3.05) is 14.2 Å². The molecule has 2 rings (SSSR count). The molecule has 0 spiro atoms. The third-order valence-corrected chi connectivity index (χ3v) is 3.95. The van der Waals surface area contributed by atoms with Crippen molar-refractivity contribution >= 4 is 34.8 Å². The van der Waals surface area contributed by atoms with Crippen LogP contribution in [0.25, 0.3) is 0 Å². The first-order valence-electron chi connectivity index (χ1n) is 6.41. The lowest BCUT2D eigenvalue weighted by molar-refractivity contribution is 0.410. The van der Waals surface area contributed by atoms with Crippen LogP contribution in [0, 0.1) is 5.82 Å². The van der Waals surface area contributed by atoms with Crippen LogP contribution in [0.3, 0.4) is 0 Å². The van der Waals surface area contributed by atoms with E-state index in [9.17, 15) is 4.39 Å². The molecule has 118 valence electrons. The topological polar surface area (TPSA) is 18.5 Å². The van der Waals surface area contributed by atoms with Crippen LogP contribution in [0.4, 0.5) is 4.39 Å². The van der Waals surface area contributed by atoms with Crippen molar-refractivity contribution in [1.82, 2.24) is 0 Å². The van der Waals surface area contributed by atoms with Crippen LogP contribution in [0.1, 0.15) is 17.0 Å². The van der Waals surface area contributed by atoms with Gasteiger partial charge in [-0.2, -0.15) is 0 Å². The Bertz CT molecular complexity index is 639. The molecule has 2 nitrogen and oxygen atoms in total. The zero-order valence-corrected chi connectivity index (χ0v) is 14.2. The highest BCUT2D eigenvalue weighted by molar-refractivity contribution is 6.68. The fraction of sp³-hybridized carbons (Fsp3) is 0.250. The van der Waals surface area contributed by atoms with Crippen molar-refractivity contribution in [3.63, 3.8) is 0 Å². The van der Waals surface area contributed by atoms with E-state index < -0.39 is 15.5 Å². The second-order valence-corrected chi connectivity index (χ2v) is 7.00. The van der Waals surface area contributed by atoms with Crippen molar-refractivity contribution in [2.45, 2.75) is 9.71 Å². The zero-order valence-electron chi connectivity index (χ0n) is 11.9. The Morgan fingerprint density at radius 2 is 1.45 bits per heavy atom. The molecule has 2 aromatic carbocycles. The average molecular weight is 364 g/mol. The highest BCUT2D eigenvalue weighted by atomic mass is 35.6. The van der Waals surface area contributed by atoms with E-state index in [1.807, 2.05) is 0 Å². The van der Waals surface area contributed by atoms with Crippen LogP contribution >= 0.6 is 34.8 Å². The zero-order chi connectivity index (χ0) is 16.3. The first kappa shape index (κ1) is 17.2. The van der Waals surface area contributed by atoms with Crippen LogP contribution in [-0.4, -0.2) is 18.0 Å². The summed E-state index contributed by atoms with van der Waals surface area (Å²) in [6, 6.07) is 11.4. The number of hydrogen-bond donors (Lipinski definition) is 0. The second-order valence-electron chi connectivity index (χ2n) is 4.64. The summed E-state index contributed by atoms with van der Waals surface area (Å²) in [5.41, 5.74) is 0.954. The van der Waals surface area contributed by atoms with Crippen LogP contribution in [-0.2, 0) is 0 Å². The van der Waals surface area contributed by atoms with Gasteiger partial charge in [-0.25, -0.2) is 4.39 Å². The summed E-state index contributed by atoms with van der Waals surface area (Å²) < 4.78 is 22.8. The van der Waals surface area contributed by atoms with Crippen LogP contribution in [0.15, 0.2) is 42.5 Å². The quantitative estimate of drug-likeness (QED) is 0.682. The third kappa shape index (κ3) is 3.78. The third-order valence-electron chi connectivity index (χ3n) is 3.30. The lowest BCUT2D eigenvalue weighted by atomic mass is 9.92. The normalized spacial score (nSPS) is 12.8. The van der Waals surface area contributed by atoms with Gasteiger partial charge in [0.05, 0.1) is 20.1 Å². The molecule has 22 heavy (non-hydrogen) atoms. The first-order chi connectivity index (χ1) is 10.4. The number of rotatable bonds is 4. The molecule has 0 aliphatic rings. The molecule has 0 N–H and O–H groups in total. The van der Waals surface area contributed by atoms with Gasteiger partial charge in [0.1, 0.15) is 17.3 Å². The van der Waals surface area contributed by atoms with Gasteiger partial charge in [-0.15, -0.1) is 0 Å². The summed E-state index contributed by atoms with van der Waals surface area (Å²) in [7, 11) is 3.02. The van der Waals surface area contributed by atoms with E-state index in [2.05, 4.69) is 0 Å². The Labute approximate surface area is 143 Å². The number of hydrogen-bond acceptors (Lipinski definition) is 2. The molecule has 0 radical (unpaired) electrons. The lowest BCUT2D eigenvalue weighted by Crippen LogP contribution is -2.19. The Morgan fingerprint density at radius 3 is 1.91 bits per heavy atom. The molecule has 0 bridgehead atoms. The van der Waals surface area contributed by atoms with E-state index >= 15 is 0 Å². The minimum atomic E-state index is -1.70. The Hall–Kier alpha value is -1.16. The summed E-state index contributed by atoms with van der Waals surface area (Å²) in [6.45, 7) is 0. The van der Waals surface area contributed by atoms with Gasteiger partial charge in [-0.3, -0.25) is 0 Å².